The van der Waals surface area contributed by atoms with Crippen LogP contribution in [0, 0.1) is 0 Å². The summed E-state index contributed by atoms with van der Waals surface area (Å²) in [6.45, 7) is -0.417. The van der Waals surface area contributed by atoms with E-state index in [1.54, 1.807) is 12.1 Å². The molecule has 0 aliphatic heterocycles. The van der Waals surface area contributed by atoms with Gasteiger partial charge < -0.3 is 15.9 Å². The number of benzene rings is 1. The maximum Gasteiger partial charge on any atom is 0.175 e. The Balaban J connectivity index is 3.24. The Kier molecular flexibility index (Phi) is 4.03. The van der Waals surface area contributed by atoms with E-state index >= 15 is 0 Å². The van der Waals surface area contributed by atoms with Gasteiger partial charge in [0.1, 0.15) is 0 Å². The molecule has 0 saturated carbocycles. The third kappa shape index (κ3) is 2.79. The van der Waals surface area contributed by atoms with E-state index in [0.717, 1.165) is 6.26 Å². The summed E-state index contributed by atoms with van der Waals surface area (Å²) in [7, 11) is -3.42. The zero-order chi connectivity index (χ0) is 12.3. The normalized spacial score (nSPS) is 15.8. The summed E-state index contributed by atoms with van der Waals surface area (Å²) in [5.41, 5.74) is 5.68. The molecular formula is C10H15NO4S. The van der Waals surface area contributed by atoms with Crippen molar-refractivity contribution in [1.82, 2.24) is 0 Å². The molecule has 16 heavy (non-hydrogen) atoms. The summed E-state index contributed by atoms with van der Waals surface area (Å²) in [6, 6.07) is 5.16. The van der Waals surface area contributed by atoms with Crippen LogP contribution in [0.15, 0.2) is 29.2 Å². The minimum Gasteiger partial charge on any atom is -0.395 e. The van der Waals surface area contributed by atoms with Gasteiger partial charge >= 0.3 is 0 Å². The van der Waals surface area contributed by atoms with Gasteiger partial charge in [-0.05, 0) is 6.07 Å². The highest BCUT2D eigenvalue weighted by Gasteiger charge is 2.22. The summed E-state index contributed by atoms with van der Waals surface area (Å²) in [5.74, 6) is 0. The summed E-state index contributed by atoms with van der Waals surface area (Å²) < 4.78 is 22.9. The monoisotopic (exact) mass is 245 g/mol. The molecule has 0 unspecified atom stereocenters. The fourth-order valence-corrected chi connectivity index (χ4v) is 2.34. The number of hydrogen-bond acceptors (Lipinski definition) is 5. The van der Waals surface area contributed by atoms with Crippen LogP contribution in [0.25, 0.3) is 0 Å². The maximum absolute atomic E-state index is 11.5. The number of rotatable bonds is 4. The Morgan fingerprint density at radius 1 is 1.38 bits per heavy atom. The van der Waals surface area contributed by atoms with Crippen LogP contribution in [0.1, 0.15) is 11.7 Å². The Morgan fingerprint density at radius 3 is 2.44 bits per heavy atom. The third-order valence-corrected chi connectivity index (χ3v) is 3.42. The van der Waals surface area contributed by atoms with Crippen molar-refractivity contribution in [3.05, 3.63) is 29.8 Å². The molecule has 5 nitrogen and oxygen atoms in total. The van der Waals surface area contributed by atoms with Crippen LogP contribution >= 0.6 is 0 Å². The van der Waals surface area contributed by atoms with Gasteiger partial charge in [0, 0.05) is 11.8 Å². The van der Waals surface area contributed by atoms with Crippen LogP contribution in [0.2, 0.25) is 0 Å². The number of sulfone groups is 1. The Labute approximate surface area is 94.4 Å². The second kappa shape index (κ2) is 4.92. The lowest BCUT2D eigenvalue weighted by molar-refractivity contribution is 0.107. The van der Waals surface area contributed by atoms with Crippen LogP contribution < -0.4 is 5.73 Å². The van der Waals surface area contributed by atoms with Gasteiger partial charge in [-0.3, -0.25) is 0 Å². The van der Waals surface area contributed by atoms with Gasteiger partial charge in [-0.2, -0.15) is 0 Å². The summed E-state index contributed by atoms with van der Waals surface area (Å²) in [5, 5.41) is 18.6. The fourth-order valence-electron chi connectivity index (χ4n) is 1.39. The van der Waals surface area contributed by atoms with E-state index in [1.807, 2.05) is 0 Å². The molecule has 0 aliphatic carbocycles. The minimum absolute atomic E-state index is 0.0337. The number of hydrogen-bond donors (Lipinski definition) is 3. The molecule has 0 amide bonds. The van der Waals surface area contributed by atoms with Crippen molar-refractivity contribution < 1.29 is 18.6 Å². The van der Waals surface area contributed by atoms with E-state index in [0.29, 0.717) is 0 Å². The quantitative estimate of drug-likeness (QED) is 0.660. The van der Waals surface area contributed by atoms with E-state index < -0.39 is 28.6 Å². The first-order valence-corrected chi connectivity index (χ1v) is 6.60. The molecule has 2 atom stereocenters. The smallest absolute Gasteiger partial charge is 0.175 e. The van der Waals surface area contributed by atoms with Crippen molar-refractivity contribution in [2.75, 3.05) is 12.9 Å². The summed E-state index contributed by atoms with van der Waals surface area (Å²) in [4.78, 5) is 0.0337. The van der Waals surface area contributed by atoms with Crippen LogP contribution in [0.3, 0.4) is 0 Å². The molecular weight excluding hydrogens is 230 g/mol. The van der Waals surface area contributed by atoms with E-state index in [2.05, 4.69) is 0 Å². The van der Waals surface area contributed by atoms with E-state index in [1.165, 1.54) is 12.1 Å². The molecule has 0 heterocycles. The number of aliphatic hydroxyl groups excluding tert-OH is 2. The molecule has 0 saturated heterocycles. The molecule has 0 fully saturated rings. The first-order chi connectivity index (χ1) is 7.38. The van der Waals surface area contributed by atoms with Crippen LogP contribution in [0.4, 0.5) is 0 Å². The lowest BCUT2D eigenvalue weighted by atomic mass is 10.0. The van der Waals surface area contributed by atoms with Crippen molar-refractivity contribution in [3.63, 3.8) is 0 Å². The molecule has 0 spiro atoms. The molecule has 0 aliphatic rings. The maximum atomic E-state index is 11.5. The molecule has 1 aromatic carbocycles. The summed E-state index contributed by atoms with van der Waals surface area (Å²) in [6.07, 6.45) is -0.140. The minimum atomic E-state index is -3.42. The topological polar surface area (TPSA) is 101 Å². The molecule has 1 aromatic rings. The Morgan fingerprint density at radius 2 is 1.94 bits per heavy atom. The van der Waals surface area contributed by atoms with Crippen molar-refractivity contribution >= 4 is 9.84 Å². The van der Waals surface area contributed by atoms with Crippen molar-refractivity contribution in [1.29, 1.82) is 0 Å². The Bertz CT molecular complexity index is 458. The van der Waals surface area contributed by atoms with E-state index in [9.17, 15) is 13.5 Å². The van der Waals surface area contributed by atoms with E-state index in [4.69, 9.17) is 10.8 Å². The molecule has 0 radical (unpaired) electrons. The zero-order valence-corrected chi connectivity index (χ0v) is 9.68. The Hall–Kier alpha value is -0.950. The van der Waals surface area contributed by atoms with Crippen molar-refractivity contribution in [2.24, 2.45) is 5.73 Å². The van der Waals surface area contributed by atoms with Gasteiger partial charge in [-0.15, -0.1) is 0 Å². The number of nitrogens with two attached hydrogens (primary N) is 1. The summed E-state index contributed by atoms with van der Waals surface area (Å²) >= 11 is 0. The van der Waals surface area contributed by atoms with Gasteiger partial charge in [0.2, 0.25) is 0 Å². The van der Waals surface area contributed by atoms with Crippen molar-refractivity contribution in [2.45, 2.75) is 17.0 Å². The predicted octanol–water partition coefficient (Wildman–Crippen LogP) is -0.557. The van der Waals surface area contributed by atoms with Gasteiger partial charge in [0.05, 0.1) is 23.6 Å². The lowest BCUT2D eigenvalue weighted by Crippen LogP contribution is -2.32. The second-order valence-corrected chi connectivity index (χ2v) is 5.59. The highest BCUT2D eigenvalue weighted by atomic mass is 32.2. The van der Waals surface area contributed by atoms with Gasteiger partial charge in [0.25, 0.3) is 0 Å². The molecule has 0 aromatic heterocycles. The van der Waals surface area contributed by atoms with E-state index in [-0.39, 0.29) is 10.5 Å². The molecule has 90 valence electrons. The third-order valence-electron chi connectivity index (χ3n) is 2.25. The van der Waals surface area contributed by atoms with Crippen LogP contribution in [0.5, 0.6) is 0 Å². The largest absolute Gasteiger partial charge is 0.395 e. The van der Waals surface area contributed by atoms with Crippen LogP contribution in [-0.4, -0.2) is 37.5 Å². The average Bonchev–Trinajstić information content (AvgIpc) is 2.26. The second-order valence-electron chi connectivity index (χ2n) is 3.60. The van der Waals surface area contributed by atoms with Crippen molar-refractivity contribution in [3.8, 4) is 0 Å². The highest BCUT2D eigenvalue weighted by Crippen LogP contribution is 2.23. The highest BCUT2D eigenvalue weighted by molar-refractivity contribution is 7.90. The number of aliphatic hydroxyl groups is 2. The predicted molar refractivity (Wildman–Crippen MR) is 59.6 cm³/mol. The average molecular weight is 245 g/mol. The zero-order valence-electron chi connectivity index (χ0n) is 8.87. The first-order valence-electron chi connectivity index (χ1n) is 4.71. The molecule has 0 bridgehead atoms. The first kappa shape index (κ1) is 13.1. The van der Waals surface area contributed by atoms with Crippen LogP contribution in [-0.2, 0) is 9.84 Å². The SMILES string of the molecule is CS(=O)(=O)c1ccccc1[C@@H](O)[C@H](N)CO. The molecule has 4 N–H and O–H groups in total. The lowest BCUT2D eigenvalue weighted by Gasteiger charge is -2.19. The molecule has 1 rings (SSSR count). The van der Waals surface area contributed by atoms with Gasteiger partial charge in [-0.25, -0.2) is 8.42 Å². The van der Waals surface area contributed by atoms with Gasteiger partial charge in [-0.1, -0.05) is 18.2 Å². The standard InChI is InChI=1S/C10H15NO4S/c1-16(14,15)9-5-3-2-4-7(9)10(13)8(11)6-12/h2-5,8,10,12-13H,6,11H2,1H3/t8-,10-/m1/s1. The fraction of sp³-hybridized carbons (Fsp3) is 0.400. The van der Waals surface area contributed by atoms with Gasteiger partial charge in [0.15, 0.2) is 9.84 Å². The molecule has 6 heteroatoms.